The molecule has 1 fully saturated rings. The molecule has 1 saturated heterocycles. The number of rotatable bonds is 2. The van der Waals surface area contributed by atoms with Crippen molar-refractivity contribution in [1.29, 1.82) is 0 Å². The number of nitrogens with zero attached hydrogens (tertiary/aromatic N) is 1. The van der Waals surface area contributed by atoms with Crippen molar-refractivity contribution < 1.29 is 24.3 Å². The van der Waals surface area contributed by atoms with Gasteiger partial charge in [0.15, 0.2) is 0 Å². The van der Waals surface area contributed by atoms with Crippen LogP contribution in [0.2, 0.25) is 0 Å². The molecule has 0 bridgehead atoms. The highest BCUT2D eigenvalue weighted by molar-refractivity contribution is 5.93. The Kier molecular flexibility index (Phi) is 4.47. The fourth-order valence-corrected chi connectivity index (χ4v) is 3.12. The first kappa shape index (κ1) is 16.7. The minimum atomic E-state index is -0.595. The van der Waals surface area contributed by atoms with Crippen LogP contribution in [0.25, 0.3) is 0 Å². The molecule has 0 spiro atoms. The maximum absolute atomic E-state index is 13.0. The summed E-state index contributed by atoms with van der Waals surface area (Å²) < 4.78 is 11.2. The van der Waals surface area contributed by atoms with E-state index in [9.17, 15) is 9.59 Å². The molecule has 2 aliphatic rings. The van der Waals surface area contributed by atoms with Crippen molar-refractivity contribution in [2.24, 2.45) is 5.41 Å². The van der Waals surface area contributed by atoms with Gasteiger partial charge in [-0.25, -0.2) is 5.48 Å². The fourth-order valence-electron chi connectivity index (χ4n) is 3.12. The summed E-state index contributed by atoms with van der Waals surface area (Å²) in [5.41, 5.74) is 2.26. The normalized spacial score (nSPS) is 26.3. The molecule has 1 aromatic carbocycles. The van der Waals surface area contributed by atoms with Gasteiger partial charge in [-0.05, 0) is 32.4 Å². The van der Waals surface area contributed by atoms with Gasteiger partial charge in [0.05, 0.1) is 18.1 Å². The minimum Gasteiger partial charge on any atom is -0.491 e. The Morgan fingerprint density at radius 3 is 2.88 bits per heavy atom. The van der Waals surface area contributed by atoms with Gasteiger partial charge in [0, 0.05) is 24.3 Å². The number of ether oxygens (including phenoxy) is 2. The number of nitrogens with one attached hydrogen (secondary N) is 1. The van der Waals surface area contributed by atoms with Crippen LogP contribution in [-0.2, 0) is 16.1 Å². The molecule has 2 aliphatic heterocycles. The van der Waals surface area contributed by atoms with Gasteiger partial charge >= 0.3 is 0 Å². The molecular formula is C17H22N2O5. The smallest absolute Gasteiger partial charge is 0.274 e. The standard InChI is InChI=1S/C17H22N2O5/c1-11-9-24-14-7-12(15(20)18-22)3-4-13(14)8-19(11)16(21)17(2)5-6-23-10-17/h3-4,7,11,22H,5-6,8-10H2,1-2H3,(H,18,20)/t11?,17-/m0/s1. The van der Waals surface area contributed by atoms with E-state index in [0.717, 1.165) is 12.0 Å². The first-order valence-corrected chi connectivity index (χ1v) is 8.03. The Balaban J connectivity index is 1.87. The Hall–Kier alpha value is -2.12. The second kappa shape index (κ2) is 6.41. The third-order valence-corrected chi connectivity index (χ3v) is 4.78. The van der Waals surface area contributed by atoms with Gasteiger partial charge < -0.3 is 14.4 Å². The summed E-state index contributed by atoms with van der Waals surface area (Å²) in [4.78, 5) is 26.4. The van der Waals surface area contributed by atoms with E-state index in [1.165, 1.54) is 0 Å². The molecule has 1 aromatic rings. The molecule has 2 atom stereocenters. The number of hydrogen-bond donors (Lipinski definition) is 2. The zero-order valence-electron chi connectivity index (χ0n) is 13.9. The molecule has 0 aromatic heterocycles. The quantitative estimate of drug-likeness (QED) is 0.629. The first-order valence-electron chi connectivity index (χ1n) is 8.03. The van der Waals surface area contributed by atoms with Gasteiger partial charge in [-0.3, -0.25) is 14.8 Å². The summed E-state index contributed by atoms with van der Waals surface area (Å²) in [6.45, 7) is 5.71. The predicted molar refractivity (Wildman–Crippen MR) is 84.7 cm³/mol. The lowest BCUT2D eigenvalue weighted by Crippen LogP contribution is -2.47. The molecule has 0 aliphatic carbocycles. The maximum atomic E-state index is 13.0. The zero-order valence-corrected chi connectivity index (χ0v) is 13.9. The summed E-state index contributed by atoms with van der Waals surface area (Å²) in [6, 6.07) is 4.86. The zero-order chi connectivity index (χ0) is 17.3. The van der Waals surface area contributed by atoms with E-state index in [1.54, 1.807) is 23.7 Å². The van der Waals surface area contributed by atoms with Gasteiger partial charge in [0.1, 0.15) is 12.4 Å². The summed E-state index contributed by atoms with van der Waals surface area (Å²) in [5.74, 6) is 0.0365. The van der Waals surface area contributed by atoms with E-state index in [2.05, 4.69) is 0 Å². The molecule has 2 heterocycles. The van der Waals surface area contributed by atoms with Crippen molar-refractivity contribution >= 4 is 11.8 Å². The van der Waals surface area contributed by atoms with Crippen LogP contribution in [0.15, 0.2) is 18.2 Å². The van der Waals surface area contributed by atoms with Crippen molar-refractivity contribution in [3.8, 4) is 5.75 Å². The lowest BCUT2D eigenvalue weighted by Gasteiger charge is -2.33. The highest BCUT2D eigenvalue weighted by atomic mass is 16.5. The van der Waals surface area contributed by atoms with Crippen molar-refractivity contribution in [3.63, 3.8) is 0 Å². The van der Waals surface area contributed by atoms with Crippen molar-refractivity contribution in [2.75, 3.05) is 19.8 Å². The summed E-state index contributed by atoms with van der Waals surface area (Å²) >= 11 is 0. The van der Waals surface area contributed by atoms with E-state index in [0.29, 0.717) is 37.7 Å². The molecule has 24 heavy (non-hydrogen) atoms. The van der Waals surface area contributed by atoms with Crippen molar-refractivity contribution in [2.45, 2.75) is 32.9 Å². The van der Waals surface area contributed by atoms with Crippen LogP contribution in [-0.4, -0.2) is 47.8 Å². The van der Waals surface area contributed by atoms with E-state index in [1.807, 2.05) is 18.7 Å². The molecule has 0 saturated carbocycles. The Morgan fingerprint density at radius 1 is 1.42 bits per heavy atom. The monoisotopic (exact) mass is 334 g/mol. The lowest BCUT2D eigenvalue weighted by atomic mass is 9.87. The Morgan fingerprint density at radius 2 is 2.21 bits per heavy atom. The second-order valence-electron chi connectivity index (χ2n) is 6.72. The summed E-state index contributed by atoms with van der Waals surface area (Å²) in [7, 11) is 0. The number of carbonyl (C=O) groups excluding carboxylic acids is 2. The molecule has 7 nitrogen and oxygen atoms in total. The summed E-state index contributed by atoms with van der Waals surface area (Å²) in [5, 5.41) is 8.75. The number of fused-ring (bicyclic) bond motifs is 1. The topological polar surface area (TPSA) is 88.1 Å². The Bertz CT molecular complexity index is 654. The van der Waals surface area contributed by atoms with E-state index in [-0.39, 0.29) is 11.9 Å². The number of hydroxylamine groups is 1. The SMILES string of the molecule is CC1COc2cc(C(=O)NO)ccc2CN1C(=O)[C@@]1(C)CCOC1. The fraction of sp³-hybridized carbons (Fsp3) is 0.529. The molecule has 3 rings (SSSR count). The second-order valence-corrected chi connectivity index (χ2v) is 6.72. The molecule has 130 valence electrons. The van der Waals surface area contributed by atoms with Crippen LogP contribution in [0, 0.1) is 5.41 Å². The van der Waals surface area contributed by atoms with Gasteiger partial charge in [0.25, 0.3) is 5.91 Å². The van der Waals surface area contributed by atoms with Crippen LogP contribution in [0.3, 0.4) is 0 Å². The van der Waals surface area contributed by atoms with E-state index >= 15 is 0 Å². The molecule has 2 amide bonds. The first-order chi connectivity index (χ1) is 11.4. The number of benzene rings is 1. The maximum Gasteiger partial charge on any atom is 0.274 e. The van der Waals surface area contributed by atoms with Crippen LogP contribution >= 0.6 is 0 Å². The van der Waals surface area contributed by atoms with Gasteiger partial charge in [-0.1, -0.05) is 6.07 Å². The van der Waals surface area contributed by atoms with Gasteiger partial charge in [0.2, 0.25) is 5.91 Å². The minimum absolute atomic E-state index is 0.0705. The van der Waals surface area contributed by atoms with E-state index < -0.39 is 11.3 Å². The van der Waals surface area contributed by atoms with Gasteiger partial charge in [-0.2, -0.15) is 0 Å². The van der Waals surface area contributed by atoms with Crippen LogP contribution in [0.5, 0.6) is 5.75 Å². The van der Waals surface area contributed by atoms with E-state index in [4.69, 9.17) is 14.7 Å². The number of carbonyl (C=O) groups is 2. The largest absolute Gasteiger partial charge is 0.491 e. The highest BCUT2D eigenvalue weighted by Crippen LogP contribution is 2.34. The van der Waals surface area contributed by atoms with Crippen molar-refractivity contribution in [3.05, 3.63) is 29.3 Å². The third kappa shape index (κ3) is 2.97. The lowest BCUT2D eigenvalue weighted by molar-refractivity contribution is -0.144. The molecule has 2 N–H and O–H groups in total. The number of amides is 2. The predicted octanol–water partition coefficient (Wildman–Crippen LogP) is 1.34. The molecule has 7 heteroatoms. The average Bonchev–Trinajstić information content (AvgIpc) is 2.97. The highest BCUT2D eigenvalue weighted by Gasteiger charge is 2.42. The molecule has 0 radical (unpaired) electrons. The van der Waals surface area contributed by atoms with Crippen LogP contribution in [0.1, 0.15) is 36.2 Å². The third-order valence-electron chi connectivity index (χ3n) is 4.78. The van der Waals surface area contributed by atoms with Crippen molar-refractivity contribution in [1.82, 2.24) is 10.4 Å². The number of hydrogen-bond acceptors (Lipinski definition) is 5. The van der Waals surface area contributed by atoms with Crippen LogP contribution < -0.4 is 10.2 Å². The summed E-state index contributed by atoms with van der Waals surface area (Å²) in [6.07, 6.45) is 0.721. The van der Waals surface area contributed by atoms with Gasteiger partial charge in [-0.15, -0.1) is 0 Å². The Labute approximate surface area is 140 Å². The molecule has 1 unspecified atom stereocenters. The molecular weight excluding hydrogens is 312 g/mol. The average molecular weight is 334 g/mol. The van der Waals surface area contributed by atoms with Crippen LogP contribution in [0.4, 0.5) is 0 Å².